The second kappa shape index (κ2) is 5.34. The zero-order valence-corrected chi connectivity index (χ0v) is 12.8. The van der Waals surface area contributed by atoms with Gasteiger partial charge in [-0.25, -0.2) is 0 Å². The summed E-state index contributed by atoms with van der Waals surface area (Å²) in [5.74, 6) is 1.38. The van der Waals surface area contributed by atoms with Gasteiger partial charge in [-0.2, -0.15) is 4.80 Å². The number of aromatic nitrogens is 4. The second-order valence-electron chi connectivity index (χ2n) is 6.78. The van der Waals surface area contributed by atoms with Gasteiger partial charge >= 0.3 is 0 Å². The van der Waals surface area contributed by atoms with Crippen LogP contribution in [0.5, 0.6) is 0 Å². The molecular formula is C13H27N5. The number of nitrogens with one attached hydrogen (secondary N) is 1. The van der Waals surface area contributed by atoms with Crippen molar-refractivity contribution in [3.05, 3.63) is 5.82 Å². The minimum atomic E-state index is 0.131. The van der Waals surface area contributed by atoms with Crippen molar-refractivity contribution < 1.29 is 0 Å². The van der Waals surface area contributed by atoms with Crippen LogP contribution in [0.3, 0.4) is 0 Å². The molecule has 0 aliphatic carbocycles. The van der Waals surface area contributed by atoms with Crippen LogP contribution in [-0.4, -0.2) is 32.3 Å². The van der Waals surface area contributed by atoms with Gasteiger partial charge < -0.3 is 5.32 Å². The summed E-state index contributed by atoms with van der Waals surface area (Å²) in [6.07, 6.45) is 0.849. The molecule has 0 radical (unpaired) electrons. The molecular weight excluding hydrogens is 226 g/mol. The number of aryl methyl sites for hydroxylation is 1. The highest BCUT2D eigenvalue weighted by Crippen LogP contribution is 2.30. The van der Waals surface area contributed by atoms with E-state index in [4.69, 9.17) is 0 Å². The molecule has 0 bridgehead atoms. The summed E-state index contributed by atoms with van der Waals surface area (Å²) in [6, 6.07) is 0. The smallest absolute Gasteiger partial charge is 0.175 e. The second-order valence-corrected chi connectivity index (χ2v) is 6.78. The fourth-order valence-corrected chi connectivity index (χ4v) is 1.69. The Labute approximate surface area is 110 Å². The largest absolute Gasteiger partial charge is 0.312 e. The molecule has 0 saturated heterocycles. The van der Waals surface area contributed by atoms with E-state index in [9.17, 15) is 0 Å². The first-order chi connectivity index (χ1) is 8.12. The topological polar surface area (TPSA) is 55.6 Å². The Morgan fingerprint density at radius 2 is 1.83 bits per heavy atom. The number of rotatable bonds is 5. The molecule has 104 valence electrons. The molecule has 0 fully saturated rings. The summed E-state index contributed by atoms with van der Waals surface area (Å²) >= 11 is 0. The molecule has 1 aromatic rings. The van der Waals surface area contributed by atoms with E-state index in [0.717, 1.165) is 18.8 Å². The van der Waals surface area contributed by atoms with Crippen molar-refractivity contribution >= 4 is 0 Å². The number of hydrogen-bond acceptors (Lipinski definition) is 4. The van der Waals surface area contributed by atoms with Gasteiger partial charge in [0, 0.05) is 18.5 Å². The third-order valence-electron chi connectivity index (χ3n) is 3.53. The third-order valence-corrected chi connectivity index (χ3v) is 3.53. The van der Waals surface area contributed by atoms with Gasteiger partial charge in [-0.05, 0) is 37.3 Å². The maximum Gasteiger partial charge on any atom is 0.175 e. The number of hydrogen-bond donors (Lipinski definition) is 1. The van der Waals surface area contributed by atoms with E-state index in [-0.39, 0.29) is 11.0 Å². The van der Waals surface area contributed by atoms with Gasteiger partial charge in [-0.15, -0.1) is 10.2 Å². The predicted octanol–water partition coefficient (Wildman–Crippen LogP) is 1.80. The van der Waals surface area contributed by atoms with Crippen LogP contribution in [0.25, 0.3) is 0 Å². The lowest BCUT2D eigenvalue weighted by atomic mass is 9.75. The summed E-state index contributed by atoms with van der Waals surface area (Å²) in [5.41, 5.74) is 0.266. The lowest BCUT2D eigenvalue weighted by molar-refractivity contribution is 0.184. The normalized spacial score (nSPS) is 16.0. The van der Waals surface area contributed by atoms with Crippen molar-refractivity contribution in [1.82, 2.24) is 25.5 Å². The first-order valence-corrected chi connectivity index (χ1v) is 6.60. The van der Waals surface area contributed by atoms with Gasteiger partial charge in [0.05, 0.1) is 7.05 Å². The van der Waals surface area contributed by atoms with Gasteiger partial charge in [0.1, 0.15) is 0 Å². The summed E-state index contributed by atoms with van der Waals surface area (Å²) in [5, 5.41) is 15.9. The molecule has 5 heteroatoms. The lowest BCUT2D eigenvalue weighted by Gasteiger charge is -2.36. The minimum Gasteiger partial charge on any atom is -0.312 e. The Hall–Kier alpha value is -0.970. The molecule has 0 amide bonds. The van der Waals surface area contributed by atoms with E-state index in [2.05, 4.69) is 62.3 Å². The molecule has 18 heavy (non-hydrogen) atoms. The fraction of sp³-hybridized carbons (Fsp3) is 0.923. The number of nitrogens with zero attached hydrogens (tertiary/aromatic N) is 4. The highest BCUT2D eigenvalue weighted by Gasteiger charge is 2.31. The number of tetrazole rings is 1. The maximum absolute atomic E-state index is 4.29. The zero-order valence-electron chi connectivity index (χ0n) is 12.8. The average molecular weight is 253 g/mol. The van der Waals surface area contributed by atoms with Crippen LogP contribution in [-0.2, 0) is 13.5 Å². The van der Waals surface area contributed by atoms with Crippen molar-refractivity contribution in [3.63, 3.8) is 0 Å². The van der Waals surface area contributed by atoms with E-state index in [1.54, 1.807) is 7.05 Å². The summed E-state index contributed by atoms with van der Waals surface area (Å²) in [7, 11) is 1.80. The van der Waals surface area contributed by atoms with Crippen LogP contribution < -0.4 is 5.32 Å². The van der Waals surface area contributed by atoms with Gasteiger partial charge in [-0.3, -0.25) is 0 Å². The Kier molecular flexibility index (Phi) is 4.48. The van der Waals surface area contributed by atoms with Crippen LogP contribution >= 0.6 is 0 Å². The van der Waals surface area contributed by atoms with Crippen LogP contribution in [0.1, 0.15) is 47.4 Å². The molecule has 0 aliphatic rings. The van der Waals surface area contributed by atoms with Crippen molar-refractivity contribution in [2.75, 3.05) is 6.54 Å². The van der Waals surface area contributed by atoms with Crippen molar-refractivity contribution in [2.24, 2.45) is 18.4 Å². The van der Waals surface area contributed by atoms with Gasteiger partial charge in [0.2, 0.25) is 0 Å². The van der Waals surface area contributed by atoms with Crippen LogP contribution in [0, 0.1) is 11.3 Å². The van der Waals surface area contributed by atoms with Crippen LogP contribution in [0.15, 0.2) is 0 Å². The lowest BCUT2D eigenvalue weighted by Crippen LogP contribution is -2.46. The summed E-state index contributed by atoms with van der Waals surface area (Å²) < 4.78 is 0. The van der Waals surface area contributed by atoms with Gasteiger partial charge in [-0.1, -0.05) is 20.8 Å². The summed E-state index contributed by atoms with van der Waals surface area (Å²) in [6.45, 7) is 14.3. The summed E-state index contributed by atoms with van der Waals surface area (Å²) in [4.78, 5) is 1.52. The van der Waals surface area contributed by atoms with Crippen molar-refractivity contribution in [2.45, 2.75) is 53.5 Å². The maximum atomic E-state index is 4.29. The zero-order chi connectivity index (χ0) is 14.0. The Morgan fingerprint density at radius 1 is 1.22 bits per heavy atom. The first kappa shape index (κ1) is 15.1. The Morgan fingerprint density at radius 3 is 2.22 bits per heavy atom. The third kappa shape index (κ3) is 4.37. The van der Waals surface area contributed by atoms with E-state index in [1.165, 1.54) is 4.80 Å². The SMILES string of the molecule is CC(C)C(C)(CNC(C)(C)C)Cc1nnn(C)n1. The first-order valence-electron chi connectivity index (χ1n) is 6.60. The van der Waals surface area contributed by atoms with Gasteiger partial charge in [0.25, 0.3) is 0 Å². The minimum absolute atomic E-state index is 0.131. The monoisotopic (exact) mass is 253 g/mol. The quantitative estimate of drug-likeness (QED) is 0.869. The van der Waals surface area contributed by atoms with E-state index < -0.39 is 0 Å². The fourth-order valence-electron chi connectivity index (χ4n) is 1.69. The van der Waals surface area contributed by atoms with E-state index >= 15 is 0 Å². The highest BCUT2D eigenvalue weighted by atomic mass is 15.6. The highest BCUT2D eigenvalue weighted by molar-refractivity contribution is 4.92. The van der Waals surface area contributed by atoms with Crippen molar-refractivity contribution in [1.29, 1.82) is 0 Å². The standard InChI is InChI=1S/C13H27N5/c1-10(2)13(6,9-14-12(3,4)5)8-11-15-17-18(7)16-11/h10,14H,8-9H2,1-7H3. The van der Waals surface area contributed by atoms with Crippen LogP contribution in [0.2, 0.25) is 0 Å². The molecule has 1 aromatic heterocycles. The van der Waals surface area contributed by atoms with Crippen LogP contribution in [0.4, 0.5) is 0 Å². The molecule has 5 nitrogen and oxygen atoms in total. The van der Waals surface area contributed by atoms with E-state index in [1.807, 2.05) is 0 Å². The van der Waals surface area contributed by atoms with Crippen molar-refractivity contribution in [3.8, 4) is 0 Å². The molecule has 0 saturated carbocycles. The Balaban J connectivity index is 2.74. The molecule has 1 rings (SSSR count). The molecule has 1 N–H and O–H groups in total. The molecule has 0 aliphatic heterocycles. The Bertz CT molecular complexity index is 377. The van der Waals surface area contributed by atoms with E-state index in [0.29, 0.717) is 5.92 Å². The molecule has 1 unspecified atom stereocenters. The molecule has 1 heterocycles. The van der Waals surface area contributed by atoms with Gasteiger partial charge in [0.15, 0.2) is 5.82 Å². The average Bonchev–Trinajstić information content (AvgIpc) is 2.60. The molecule has 1 atom stereocenters. The molecule has 0 aromatic carbocycles. The molecule has 0 spiro atoms. The predicted molar refractivity (Wildman–Crippen MR) is 73.2 cm³/mol.